The van der Waals surface area contributed by atoms with Crippen molar-refractivity contribution in [1.29, 1.82) is 0 Å². The van der Waals surface area contributed by atoms with Crippen molar-refractivity contribution in [2.45, 2.75) is 18.9 Å². The maximum atomic E-state index is 10.8. The lowest BCUT2D eigenvalue weighted by molar-refractivity contribution is 0.122. The molecule has 0 aromatic heterocycles. The van der Waals surface area contributed by atoms with E-state index in [0.29, 0.717) is 6.54 Å². The van der Waals surface area contributed by atoms with Crippen molar-refractivity contribution in [3.63, 3.8) is 0 Å². The highest BCUT2D eigenvalue weighted by Gasteiger charge is 2.23. The molecule has 4 nitrogen and oxygen atoms in total. The molecule has 0 saturated carbocycles. The number of piperidine rings is 1. The maximum Gasteiger partial charge on any atom is 0.407 e. The summed E-state index contributed by atoms with van der Waals surface area (Å²) in [7, 11) is 0. The second-order valence-corrected chi connectivity index (χ2v) is 3.22. The number of hydrogen-bond acceptors (Lipinski definition) is 2. The van der Waals surface area contributed by atoms with Gasteiger partial charge in [-0.15, -0.1) is 6.58 Å². The van der Waals surface area contributed by atoms with Crippen molar-refractivity contribution in [3.05, 3.63) is 12.7 Å². The van der Waals surface area contributed by atoms with Crippen molar-refractivity contribution in [2.75, 3.05) is 19.6 Å². The molecule has 1 heterocycles. The van der Waals surface area contributed by atoms with Crippen LogP contribution >= 0.6 is 0 Å². The number of hydrogen-bond donors (Lipinski definition) is 2. The van der Waals surface area contributed by atoms with E-state index in [1.54, 1.807) is 6.08 Å². The Kier molecular flexibility index (Phi) is 3.76. The van der Waals surface area contributed by atoms with Gasteiger partial charge in [0, 0.05) is 19.1 Å². The van der Waals surface area contributed by atoms with Gasteiger partial charge in [0.1, 0.15) is 0 Å². The number of nitrogens with zero attached hydrogens (tertiary/aromatic N) is 1. The van der Waals surface area contributed by atoms with Crippen LogP contribution in [-0.2, 0) is 0 Å². The lowest BCUT2D eigenvalue weighted by Gasteiger charge is -2.31. The zero-order valence-corrected chi connectivity index (χ0v) is 7.70. The molecule has 1 unspecified atom stereocenters. The van der Waals surface area contributed by atoms with Gasteiger partial charge >= 0.3 is 6.09 Å². The van der Waals surface area contributed by atoms with Crippen LogP contribution in [-0.4, -0.2) is 41.8 Å². The minimum absolute atomic E-state index is 0.115. The molecule has 0 spiro atoms. The molecule has 0 aromatic rings. The van der Waals surface area contributed by atoms with E-state index in [1.807, 2.05) is 0 Å². The van der Waals surface area contributed by atoms with E-state index in [0.717, 1.165) is 25.9 Å². The van der Waals surface area contributed by atoms with Crippen LogP contribution in [0.4, 0.5) is 4.79 Å². The summed E-state index contributed by atoms with van der Waals surface area (Å²) >= 11 is 0. The van der Waals surface area contributed by atoms with Crippen LogP contribution in [0.25, 0.3) is 0 Å². The van der Waals surface area contributed by atoms with Crippen LogP contribution in [0.5, 0.6) is 0 Å². The lowest BCUT2D eigenvalue weighted by Crippen LogP contribution is -2.48. The van der Waals surface area contributed by atoms with Gasteiger partial charge in [0.2, 0.25) is 0 Å². The summed E-state index contributed by atoms with van der Waals surface area (Å²) in [5, 5.41) is 12.1. The van der Waals surface area contributed by atoms with E-state index < -0.39 is 6.09 Å². The average Bonchev–Trinajstić information content (AvgIpc) is 2.15. The molecule has 2 N–H and O–H groups in total. The molecule has 0 aromatic carbocycles. The molecule has 13 heavy (non-hydrogen) atoms. The molecule has 1 saturated heterocycles. The second kappa shape index (κ2) is 4.87. The number of carboxylic acid groups (broad SMARTS) is 1. The van der Waals surface area contributed by atoms with Gasteiger partial charge in [-0.05, 0) is 19.4 Å². The molecule has 74 valence electrons. The van der Waals surface area contributed by atoms with Gasteiger partial charge < -0.3 is 15.3 Å². The first-order chi connectivity index (χ1) is 6.25. The van der Waals surface area contributed by atoms with E-state index >= 15 is 0 Å². The highest BCUT2D eigenvalue weighted by Crippen LogP contribution is 2.10. The summed E-state index contributed by atoms with van der Waals surface area (Å²) in [4.78, 5) is 12.3. The molecular weight excluding hydrogens is 168 g/mol. The number of carbonyl (C=O) groups is 1. The number of rotatable bonds is 3. The normalized spacial score (nSPS) is 22.3. The highest BCUT2D eigenvalue weighted by atomic mass is 16.4. The molecule has 0 bridgehead atoms. The SMILES string of the molecule is C=CCN(C(=O)O)C1CCCNC1. The predicted molar refractivity (Wildman–Crippen MR) is 50.8 cm³/mol. The predicted octanol–water partition coefficient (Wildman–Crippen LogP) is 0.904. The van der Waals surface area contributed by atoms with Crippen LogP contribution in [0, 0.1) is 0 Å². The smallest absolute Gasteiger partial charge is 0.407 e. The van der Waals surface area contributed by atoms with Gasteiger partial charge in [0.15, 0.2) is 0 Å². The van der Waals surface area contributed by atoms with E-state index in [1.165, 1.54) is 4.90 Å². The zero-order valence-electron chi connectivity index (χ0n) is 7.70. The minimum Gasteiger partial charge on any atom is -0.465 e. The summed E-state index contributed by atoms with van der Waals surface area (Å²) in [5.41, 5.74) is 0. The fourth-order valence-corrected chi connectivity index (χ4v) is 1.62. The molecule has 1 atom stereocenters. The largest absolute Gasteiger partial charge is 0.465 e. The summed E-state index contributed by atoms with van der Waals surface area (Å²) in [6.45, 7) is 5.73. The topological polar surface area (TPSA) is 52.6 Å². The second-order valence-electron chi connectivity index (χ2n) is 3.22. The first kappa shape index (κ1) is 10.1. The molecule has 0 aliphatic carbocycles. The van der Waals surface area contributed by atoms with Crippen LogP contribution < -0.4 is 5.32 Å². The van der Waals surface area contributed by atoms with Gasteiger partial charge in [-0.2, -0.15) is 0 Å². The molecule has 1 rings (SSSR count). The monoisotopic (exact) mass is 184 g/mol. The van der Waals surface area contributed by atoms with E-state index in [-0.39, 0.29) is 6.04 Å². The average molecular weight is 184 g/mol. The van der Waals surface area contributed by atoms with Gasteiger partial charge in [-0.3, -0.25) is 0 Å². The van der Waals surface area contributed by atoms with E-state index in [9.17, 15) is 4.79 Å². The van der Waals surface area contributed by atoms with Gasteiger partial charge in [0.05, 0.1) is 0 Å². The summed E-state index contributed by atoms with van der Waals surface area (Å²) < 4.78 is 0. The number of amides is 1. The number of nitrogens with one attached hydrogen (secondary N) is 1. The van der Waals surface area contributed by atoms with Crippen LogP contribution in [0.1, 0.15) is 12.8 Å². The minimum atomic E-state index is -0.853. The summed E-state index contributed by atoms with van der Waals surface area (Å²) in [6, 6.07) is 0.115. The Morgan fingerprint density at radius 2 is 2.54 bits per heavy atom. The molecular formula is C9H16N2O2. The third-order valence-corrected chi connectivity index (χ3v) is 2.28. The van der Waals surface area contributed by atoms with Crippen LogP contribution in [0.15, 0.2) is 12.7 Å². The Hall–Kier alpha value is -1.03. The van der Waals surface area contributed by atoms with Gasteiger partial charge in [-0.25, -0.2) is 4.79 Å². The molecule has 1 fully saturated rings. The quantitative estimate of drug-likeness (QED) is 0.641. The Morgan fingerprint density at radius 3 is 3.00 bits per heavy atom. The highest BCUT2D eigenvalue weighted by molar-refractivity contribution is 5.65. The van der Waals surface area contributed by atoms with E-state index in [2.05, 4.69) is 11.9 Å². The van der Waals surface area contributed by atoms with E-state index in [4.69, 9.17) is 5.11 Å². The Bertz CT molecular complexity index is 188. The zero-order chi connectivity index (χ0) is 9.68. The fourth-order valence-electron chi connectivity index (χ4n) is 1.62. The standard InChI is InChI=1S/C9H16N2O2/c1-2-6-11(9(12)13)8-4-3-5-10-7-8/h2,8,10H,1,3-7H2,(H,12,13). The molecule has 1 aliphatic heterocycles. The Labute approximate surface area is 78.2 Å². The van der Waals surface area contributed by atoms with Gasteiger partial charge in [0.25, 0.3) is 0 Å². The third kappa shape index (κ3) is 2.73. The van der Waals surface area contributed by atoms with Crippen molar-refractivity contribution < 1.29 is 9.90 Å². The van der Waals surface area contributed by atoms with Gasteiger partial charge in [-0.1, -0.05) is 6.08 Å². The fraction of sp³-hybridized carbons (Fsp3) is 0.667. The van der Waals surface area contributed by atoms with Crippen molar-refractivity contribution in [3.8, 4) is 0 Å². The van der Waals surface area contributed by atoms with Crippen LogP contribution in [0.3, 0.4) is 0 Å². The molecule has 1 aliphatic rings. The molecule has 0 radical (unpaired) electrons. The first-order valence-corrected chi connectivity index (χ1v) is 4.57. The maximum absolute atomic E-state index is 10.8. The third-order valence-electron chi connectivity index (χ3n) is 2.28. The Balaban J connectivity index is 2.51. The van der Waals surface area contributed by atoms with Crippen molar-refractivity contribution >= 4 is 6.09 Å². The summed E-state index contributed by atoms with van der Waals surface area (Å²) in [6.07, 6.45) is 2.77. The van der Waals surface area contributed by atoms with Crippen molar-refractivity contribution in [1.82, 2.24) is 10.2 Å². The van der Waals surface area contributed by atoms with Crippen LogP contribution in [0.2, 0.25) is 0 Å². The first-order valence-electron chi connectivity index (χ1n) is 4.57. The molecule has 1 amide bonds. The Morgan fingerprint density at radius 1 is 1.77 bits per heavy atom. The molecule has 4 heteroatoms. The lowest BCUT2D eigenvalue weighted by atomic mass is 10.1. The van der Waals surface area contributed by atoms with Crippen molar-refractivity contribution in [2.24, 2.45) is 0 Å². The summed E-state index contributed by atoms with van der Waals surface area (Å²) in [5.74, 6) is 0.